The third-order valence-electron chi connectivity index (χ3n) is 3.38. The fourth-order valence-corrected chi connectivity index (χ4v) is 2.19. The quantitative estimate of drug-likeness (QED) is 0.766. The van der Waals surface area contributed by atoms with Crippen LogP contribution in [0.15, 0.2) is 18.2 Å². The van der Waals surface area contributed by atoms with Gasteiger partial charge in [-0.05, 0) is 18.2 Å². The molecule has 2 aromatic rings. The molecule has 1 aromatic heterocycles. The molecule has 0 fully saturated rings. The van der Waals surface area contributed by atoms with Crippen LogP contribution in [-0.2, 0) is 16.6 Å². The van der Waals surface area contributed by atoms with E-state index < -0.39 is 0 Å². The van der Waals surface area contributed by atoms with E-state index in [9.17, 15) is 9.59 Å². The summed E-state index contributed by atoms with van der Waals surface area (Å²) in [7, 11) is 5.64. The first-order chi connectivity index (χ1) is 10.1. The fraction of sp³-hybridized carbons (Fsp3) is 0.357. The maximum absolute atomic E-state index is 11.3. The second-order valence-corrected chi connectivity index (χ2v) is 4.79. The standard InChI is InChI=1S/C14H19N5O2/c1-15-10-4-5-11-12(8-10)19(3)17-14(11)18(2)7-6-13(21)16-9-20/h4-5,8-9,15H,6-7H2,1-3H3,(H,16,20,21). The van der Waals surface area contributed by atoms with Gasteiger partial charge in [-0.15, -0.1) is 0 Å². The van der Waals surface area contributed by atoms with Crippen molar-refractivity contribution in [3.05, 3.63) is 18.2 Å². The zero-order chi connectivity index (χ0) is 15.4. The summed E-state index contributed by atoms with van der Waals surface area (Å²) in [5.74, 6) is 0.517. The Kier molecular flexibility index (Phi) is 4.42. The van der Waals surface area contributed by atoms with E-state index in [0.29, 0.717) is 13.0 Å². The second-order valence-electron chi connectivity index (χ2n) is 4.79. The van der Waals surface area contributed by atoms with E-state index in [1.54, 1.807) is 0 Å². The first-order valence-electron chi connectivity index (χ1n) is 6.65. The summed E-state index contributed by atoms with van der Waals surface area (Å²) in [5, 5.41) is 10.8. The number of aryl methyl sites for hydroxylation is 1. The topological polar surface area (TPSA) is 79.3 Å². The number of amides is 2. The van der Waals surface area contributed by atoms with Crippen LogP contribution in [0.2, 0.25) is 0 Å². The average Bonchev–Trinajstić information content (AvgIpc) is 2.82. The summed E-state index contributed by atoms with van der Waals surface area (Å²) >= 11 is 0. The summed E-state index contributed by atoms with van der Waals surface area (Å²) in [5.41, 5.74) is 2.03. The predicted molar refractivity (Wildman–Crippen MR) is 82.4 cm³/mol. The molecule has 0 spiro atoms. The summed E-state index contributed by atoms with van der Waals surface area (Å²) < 4.78 is 1.81. The summed E-state index contributed by atoms with van der Waals surface area (Å²) in [4.78, 5) is 23.4. The largest absolute Gasteiger partial charge is 0.388 e. The van der Waals surface area contributed by atoms with Crippen molar-refractivity contribution in [1.29, 1.82) is 0 Å². The van der Waals surface area contributed by atoms with Crippen LogP contribution in [0.3, 0.4) is 0 Å². The Morgan fingerprint density at radius 1 is 1.48 bits per heavy atom. The highest BCUT2D eigenvalue weighted by Crippen LogP contribution is 2.27. The molecular weight excluding hydrogens is 270 g/mol. The van der Waals surface area contributed by atoms with Crippen LogP contribution in [0.5, 0.6) is 0 Å². The van der Waals surface area contributed by atoms with Gasteiger partial charge in [0.05, 0.1) is 5.52 Å². The van der Waals surface area contributed by atoms with E-state index in [2.05, 4.69) is 15.7 Å². The molecule has 112 valence electrons. The van der Waals surface area contributed by atoms with Crippen molar-refractivity contribution < 1.29 is 9.59 Å². The fourth-order valence-electron chi connectivity index (χ4n) is 2.19. The predicted octanol–water partition coefficient (Wildman–Crippen LogP) is 0.714. The number of benzene rings is 1. The van der Waals surface area contributed by atoms with Crippen LogP contribution in [0.25, 0.3) is 10.9 Å². The van der Waals surface area contributed by atoms with Crippen molar-refractivity contribution in [1.82, 2.24) is 15.1 Å². The lowest BCUT2D eigenvalue weighted by atomic mass is 10.2. The van der Waals surface area contributed by atoms with Crippen molar-refractivity contribution in [2.24, 2.45) is 7.05 Å². The van der Waals surface area contributed by atoms with Crippen molar-refractivity contribution in [2.75, 3.05) is 30.9 Å². The highest BCUT2D eigenvalue weighted by molar-refractivity contribution is 5.93. The molecule has 0 atom stereocenters. The van der Waals surface area contributed by atoms with E-state index in [1.807, 2.05) is 48.9 Å². The minimum absolute atomic E-state index is 0.238. The number of nitrogens with one attached hydrogen (secondary N) is 2. The van der Waals surface area contributed by atoms with Crippen LogP contribution in [0.1, 0.15) is 6.42 Å². The normalized spacial score (nSPS) is 10.4. The Labute approximate surface area is 122 Å². The van der Waals surface area contributed by atoms with Crippen LogP contribution >= 0.6 is 0 Å². The maximum atomic E-state index is 11.3. The van der Waals surface area contributed by atoms with E-state index >= 15 is 0 Å². The molecule has 1 heterocycles. The Hall–Kier alpha value is -2.57. The number of carbonyl (C=O) groups is 2. The van der Waals surface area contributed by atoms with Gasteiger partial charge >= 0.3 is 0 Å². The Balaban J connectivity index is 2.21. The van der Waals surface area contributed by atoms with Gasteiger partial charge in [-0.25, -0.2) is 0 Å². The third kappa shape index (κ3) is 3.13. The molecule has 21 heavy (non-hydrogen) atoms. The van der Waals surface area contributed by atoms with E-state index in [-0.39, 0.29) is 12.3 Å². The van der Waals surface area contributed by atoms with Crippen molar-refractivity contribution in [3.8, 4) is 0 Å². The minimum Gasteiger partial charge on any atom is -0.388 e. The Morgan fingerprint density at radius 2 is 2.24 bits per heavy atom. The Bertz CT molecular complexity index is 665. The molecule has 7 heteroatoms. The summed E-state index contributed by atoms with van der Waals surface area (Å²) in [6.07, 6.45) is 0.639. The number of carbonyl (C=O) groups excluding carboxylic acids is 2. The molecule has 7 nitrogen and oxygen atoms in total. The van der Waals surface area contributed by atoms with Crippen LogP contribution in [0, 0.1) is 0 Å². The number of hydrogen-bond donors (Lipinski definition) is 2. The van der Waals surface area contributed by atoms with Gasteiger partial charge in [0.15, 0.2) is 5.82 Å². The van der Waals surface area contributed by atoms with Crippen molar-refractivity contribution >= 4 is 34.7 Å². The van der Waals surface area contributed by atoms with Gasteiger partial charge in [-0.3, -0.25) is 19.6 Å². The summed E-state index contributed by atoms with van der Waals surface area (Å²) in [6, 6.07) is 6.02. The molecule has 0 aliphatic heterocycles. The van der Waals surface area contributed by atoms with Gasteiger partial charge in [-0.2, -0.15) is 5.10 Å². The third-order valence-corrected chi connectivity index (χ3v) is 3.38. The molecule has 0 saturated heterocycles. The summed E-state index contributed by atoms with van der Waals surface area (Å²) in [6.45, 7) is 0.486. The zero-order valence-electron chi connectivity index (χ0n) is 12.4. The van der Waals surface area contributed by atoms with Gasteiger partial charge in [0.1, 0.15) is 0 Å². The Morgan fingerprint density at radius 3 is 2.90 bits per heavy atom. The molecule has 0 radical (unpaired) electrons. The molecular formula is C14H19N5O2. The highest BCUT2D eigenvalue weighted by Gasteiger charge is 2.13. The van der Waals surface area contributed by atoms with Crippen molar-refractivity contribution in [3.63, 3.8) is 0 Å². The lowest BCUT2D eigenvalue weighted by Crippen LogP contribution is -2.28. The van der Waals surface area contributed by atoms with E-state index in [4.69, 9.17) is 0 Å². The van der Waals surface area contributed by atoms with E-state index in [0.717, 1.165) is 22.4 Å². The number of hydrogen-bond acceptors (Lipinski definition) is 5. The molecule has 2 amide bonds. The molecule has 2 N–H and O–H groups in total. The first kappa shape index (κ1) is 14.8. The maximum Gasteiger partial charge on any atom is 0.228 e. The second kappa shape index (κ2) is 6.25. The highest BCUT2D eigenvalue weighted by atomic mass is 16.2. The molecule has 0 saturated carbocycles. The number of rotatable bonds is 6. The number of nitrogens with zero attached hydrogens (tertiary/aromatic N) is 3. The zero-order valence-corrected chi connectivity index (χ0v) is 12.4. The van der Waals surface area contributed by atoms with Crippen molar-refractivity contribution in [2.45, 2.75) is 6.42 Å². The van der Waals surface area contributed by atoms with Gasteiger partial charge in [0.25, 0.3) is 0 Å². The molecule has 0 bridgehead atoms. The van der Waals surface area contributed by atoms with Gasteiger partial charge < -0.3 is 10.2 Å². The van der Waals surface area contributed by atoms with Gasteiger partial charge in [0, 0.05) is 45.2 Å². The first-order valence-corrected chi connectivity index (χ1v) is 6.65. The van der Waals surface area contributed by atoms with Gasteiger partial charge in [-0.1, -0.05) is 0 Å². The number of anilines is 2. The molecule has 1 aromatic carbocycles. The van der Waals surface area contributed by atoms with Gasteiger partial charge in [0.2, 0.25) is 12.3 Å². The number of aromatic nitrogens is 2. The van der Waals surface area contributed by atoms with Crippen LogP contribution < -0.4 is 15.5 Å². The number of fused-ring (bicyclic) bond motifs is 1. The number of imide groups is 1. The SMILES string of the molecule is CNc1ccc2c(N(C)CCC(=O)NC=O)nn(C)c2c1. The van der Waals surface area contributed by atoms with Crippen LogP contribution in [-0.4, -0.2) is 42.7 Å². The molecule has 0 aliphatic rings. The molecule has 2 rings (SSSR count). The lowest BCUT2D eigenvalue weighted by Gasteiger charge is -2.16. The average molecular weight is 289 g/mol. The monoisotopic (exact) mass is 289 g/mol. The smallest absolute Gasteiger partial charge is 0.228 e. The lowest BCUT2D eigenvalue weighted by molar-refractivity contribution is -0.125. The minimum atomic E-state index is -0.297. The molecule has 0 aliphatic carbocycles. The molecule has 0 unspecified atom stereocenters. The van der Waals surface area contributed by atoms with E-state index in [1.165, 1.54) is 0 Å². The van der Waals surface area contributed by atoms with Crippen LogP contribution in [0.4, 0.5) is 11.5 Å².